The quantitative estimate of drug-likeness (QED) is 0.823. The number of carbonyl (C=O) groups excluding carboxylic acids is 1. The van der Waals surface area contributed by atoms with E-state index in [1.807, 2.05) is 24.3 Å². The van der Waals surface area contributed by atoms with Gasteiger partial charge in [-0.25, -0.2) is 0 Å². The van der Waals surface area contributed by atoms with E-state index in [4.69, 9.17) is 0 Å². The number of nitrogens with one attached hydrogen (secondary N) is 2. The molecule has 0 spiro atoms. The van der Waals surface area contributed by atoms with Crippen LogP contribution in [-0.4, -0.2) is 18.0 Å². The number of amides is 1. The summed E-state index contributed by atoms with van der Waals surface area (Å²) >= 11 is 0. The van der Waals surface area contributed by atoms with Gasteiger partial charge in [-0.05, 0) is 50.3 Å². The highest BCUT2D eigenvalue weighted by Gasteiger charge is 2.24. The summed E-state index contributed by atoms with van der Waals surface area (Å²) in [6.45, 7) is 2.22. The van der Waals surface area contributed by atoms with Crippen molar-refractivity contribution in [3.8, 4) is 0 Å². The van der Waals surface area contributed by atoms with E-state index in [0.29, 0.717) is 12.1 Å². The molecular formula is C16H22N2O. The van der Waals surface area contributed by atoms with Crippen LogP contribution in [0.15, 0.2) is 24.3 Å². The molecule has 1 amide bonds. The summed E-state index contributed by atoms with van der Waals surface area (Å²) in [5, 5.41) is 6.52. The fourth-order valence-electron chi connectivity index (χ4n) is 2.44. The van der Waals surface area contributed by atoms with Crippen LogP contribution < -0.4 is 10.6 Å². The second kappa shape index (κ2) is 5.24. The first-order chi connectivity index (χ1) is 9.20. The zero-order chi connectivity index (χ0) is 13.2. The normalized spacial score (nSPS) is 19.8. The molecule has 2 saturated carbocycles. The van der Waals surface area contributed by atoms with E-state index >= 15 is 0 Å². The fourth-order valence-corrected chi connectivity index (χ4v) is 2.44. The lowest BCUT2D eigenvalue weighted by atomic mass is 10.1. The van der Waals surface area contributed by atoms with E-state index in [1.54, 1.807) is 0 Å². The topological polar surface area (TPSA) is 41.1 Å². The van der Waals surface area contributed by atoms with E-state index in [-0.39, 0.29) is 5.91 Å². The molecule has 2 aliphatic carbocycles. The van der Waals surface area contributed by atoms with Crippen molar-refractivity contribution in [3.05, 3.63) is 29.8 Å². The van der Waals surface area contributed by atoms with Crippen LogP contribution >= 0.6 is 0 Å². The summed E-state index contributed by atoms with van der Waals surface area (Å²) in [6, 6.07) is 8.73. The summed E-state index contributed by atoms with van der Waals surface area (Å²) in [5.74, 6) is 0.977. The molecule has 1 atom stereocenters. The molecule has 3 rings (SSSR count). The maximum atomic E-state index is 12.0. The number of carbonyl (C=O) groups is 1. The number of hydrogen-bond donors (Lipinski definition) is 2. The third-order valence-corrected chi connectivity index (χ3v) is 3.83. The van der Waals surface area contributed by atoms with Gasteiger partial charge < -0.3 is 10.6 Å². The molecule has 2 N–H and O–H groups in total. The van der Waals surface area contributed by atoms with Crippen LogP contribution in [0.4, 0.5) is 5.69 Å². The molecule has 3 nitrogen and oxygen atoms in total. The van der Waals surface area contributed by atoms with Crippen molar-refractivity contribution in [3.63, 3.8) is 0 Å². The van der Waals surface area contributed by atoms with Gasteiger partial charge >= 0.3 is 0 Å². The largest absolute Gasteiger partial charge is 0.383 e. The predicted octanol–water partition coefficient (Wildman–Crippen LogP) is 3.18. The van der Waals surface area contributed by atoms with Crippen molar-refractivity contribution in [2.24, 2.45) is 5.92 Å². The van der Waals surface area contributed by atoms with Crippen molar-refractivity contribution in [1.29, 1.82) is 0 Å². The molecule has 1 unspecified atom stereocenters. The van der Waals surface area contributed by atoms with Gasteiger partial charge in [0, 0.05) is 23.3 Å². The average molecular weight is 258 g/mol. The highest BCUT2D eigenvalue weighted by Crippen LogP contribution is 2.34. The lowest BCUT2D eigenvalue weighted by Crippen LogP contribution is -2.25. The molecule has 1 aromatic rings. The zero-order valence-corrected chi connectivity index (χ0v) is 11.5. The maximum Gasteiger partial charge on any atom is 0.251 e. The minimum Gasteiger partial charge on any atom is -0.383 e. The third-order valence-electron chi connectivity index (χ3n) is 3.83. The van der Waals surface area contributed by atoms with Crippen molar-refractivity contribution < 1.29 is 4.79 Å². The smallest absolute Gasteiger partial charge is 0.251 e. The van der Waals surface area contributed by atoms with E-state index in [0.717, 1.165) is 30.0 Å². The highest BCUT2D eigenvalue weighted by molar-refractivity contribution is 5.95. The Kier molecular flexibility index (Phi) is 3.45. The SMILES string of the molecule is CC(CC1CC1)Nc1cccc(C(=O)NC2CC2)c1. The van der Waals surface area contributed by atoms with Crippen LogP contribution in [0.3, 0.4) is 0 Å². The van der Waals surface area contributed by atoms with E-state index in [2.05, 4.69) is 17.6 Å². The second-order valence-corrected chi connectivity index (χ2v) is 6.05. The highest BCUT2D eigenvalue weighted by atomic mass is 16.1. The number of rotatable bonds is 6. The van der Waals surface area contributed by atoms with Crippen molar-refractivity contribution in [2.45, 2.75) is 51.1 Å². The fraction of sp³-hybridized carbons (Fsp3) is 0.562. The Morgan fingerprint density at radius 1 is 1.32 bits per heavy atom. The Hall–Kier alpha value is -1.51. The molecule has 1 aromatic carbocycles. The number of benzene rings is 1. The van der Waals surface area contributed by atoms with Gasteiger partial charge in [-0.15, -0.1) is 0 Å². The van der Waals surface area contributed by atoms with Gasteiger partial charge in [0.2, 0.25) is 0 Å². The molecule has 3 heteroatoms. The lowest BCUT2D eigenvalue weighted by Gasteiger charge is -2.15. The third kappa shape index (κ3) is 3.72. The molecule has 0 saturated heterocycles. The average Bonchev–Trinajstić information content (AvgIpc) is 3.25. The summed E-state index contributed by atoms with van der Waals surface area (Å²) in [5.41, 5.74) is 1.81. The molecule has 0 aromatic heterocycles. The van der Waals surface area contributed by atoms with E-state index in [1.165, 1.54) is 19.3 Å². The van der Waals surface area contributed by atoms with Gasteiger partial charge in [-0.2, -0.15) is 0 Å². The Bertz CT molecular complexity index is 464. The molecule has 0 radical (unpaired) electrons. The van der Waals surface area contributed by atoms with Gasteiger partial charge in [0.15, 0.2) is 0 Å². The number of anilines is 1. The summed E-state index contributed by atoms with van der Waals surface area (Å²) in [4.78, 5) is 12.0. The Balaban J connectivity index is 1.59. The predicted molar refractivity (Wildman–Crippen MR) is 77.4 cm³/mol. The Morgan fingerprint density at radius 3 is 2.79 bits per heavy atom. The van der Waals surface area contributed by atoms with Crippen LogP contribution in [0.25, 0.3) is 0 Å². The number of hydrogen-bond acceptors (Lipinski definition) is 2. The molecule has 2 fully saturated rings. The van der Waals surface area contributed by atoms with Gasteiger partial charge in [-0.3, -0.25) is 4.79 Å². The van der Waals surface area contributed by atoms with Crippen LogP contribution in [0.2, 0.25) is 0 Å². The molecule has 19 heavy (non-hydrogen) atoms. The molecular weight excluding hydrogens is 236 g/mol. The molecule has 2 aliphatic rings. The molecule has 0 aliphatic heterocycles. The molecule has 0 bridgehead atoms. The van der Waals surface area contributed by atoms with Crippen LogP contribution in [0.5, 0.6) is 0 Å². The standard InChI is InChI=1S/C16H22N2O/c1-11(9-12-5-6-12)17-15-4-2-3-13(10-15)16(19)18-14-7-8-14/h2-4,10-12,14,17H,5-9H2,1H3,(H,18,19). The summed E-state index contributed by atoms with van der Waals surface area (Å²) in [7, 11) is 0. The first-order valence-corrected chi connectivity index (χ1v) is 7.38. The first-order valence-electron chi connectivity index (χ1n) is 7.38. The second-order valence-electron chi connectivity index (χ2n) is 6.05. The minimum atomic E-state index is 0.0565. The van der Waals surface area contributed by atoms with E-state index < -0.39 is 0 Å². The Labute approximate surface area is 114 Å². The summed E-state index contributed by atoms with van der Waals surface area (Å²) < 4.78 is 0. The van der Waals surface area contributed by atoms with Crippen molar-refractivity contribution in [1.82, 2.24) is 5.32 Å². The van der Waals surface area contributed by atoms with Crippen LogP contribution in [-0.2, 0) is 0 Å². The minimum absolute atomic E-state index is 0.0565. The summed E-state index contributed by atoms with van der Waals surface area (Å²) in [6.07, 6.45) is 6.26. The van der Waals surface area contributed by atoms with Gasteiger partial charge in [0.1, 0.15) is 0 Å². The first kappa shape index (κ1) is 12.5. The monoisotopic (exact) mass is 258 g/mol. The van der Waals surface area contributed by atoms with Crippen molar-refractivity contribution in [2.75, 3.05) is 5.32 Å². The molecule has 102 valence electrons. The Morgan fingerprint density at radius 2 is 2.11 bits per heavy atom. The zero-order valence-electron chi connectivity index (χ0n) is 11.5. The van der Waals surface area contributed by atoms with E-state index in [9.17, 15) is 4.79 Å². The lowest BCUT2D eigenvalue weighted by molar-refractivity contribution is 0.0951. The maximum absolute atomic E-state index is 12.0. The molecule has 0 heterocycles. The van der Waals surface area contributed by atoms with Crippen LogP contribution in [0, 0.1) is 5.92 Å². The van der Waals surface area contributed by atoms with Gasteiger partial charge in [-0.1, -0.05) is 18.9 Å². The van der Waals surface area contributed by atoms with Gasteiger partial charge in [0.05, 0.1) is 0 Å². The van der Waals surface area contributed by atoms with Gasteiger partial charge in [0.25, 0.3) is 5.91 Å². The van der Waals surface area contributed by atoms with Crippen LogP contribution in [0.1, 0.15) is 49.4 Å². The van der Waals surface area contributed by atoms with Crippen molar-refractivity contribution >= 4 is 11.6 Å².